The minimum absolute atomic E-state index is 0.0812. The number of halogens is 1. The van der Waals surface area contributed by atoms with E-state index in [9.17, 15) is 9.18 Å². The largest absolute Gasteiger partial charge is 0.485 e. The number of fused-ring (bicyclic) bond motifs is 1. The standard InChI is InChI=1S/C18H16FN5O2/c19-15-7-12(16-3-1-2-4-21-16)5-13-6-14(26-18(13)15)8-22-17(25)9-24-11-20-10-23-24/h1-5,7,10-11,14H,6,8-9H2,(H,22,25). The smallest absolute Gasteiger partial charge is 0.241 e. The topological polar surface area (TPSA) is 81.9 Å². The summed E-state index contributed by atoms with van der Waals surface area (Å²) in [6.45, 7) is 0.373. The van der Waals surface area contributed by atoms with Crippen LogP contribution in [0.25, 0.3) is 11.3 Å². The number of benzene rings is 1. The van der Waals surface area contributed by atoms with Crippen LogP contribution in [0.1, 0.15) is 5.56 Å². The van der Waals surface area contributed by atoms with Crippen LogP contribution in [-0.4, -0.2) is 38.3 Å². The molecule has 7 nitrogen and oxygen atoms in total. The molecule has 0 fully saturated rings. The molecule has 132 valence electrons. The van der Waals surface area contributed by atoms with E-state index in [0.717, 1.165) is 5.56 Å². The molecule has 0 bridgehead atoms. The zero-order chi connectivity index (χ0) is 17.9. The molecule has 1 unspecified atom stereocenters. The van der Waals surface area contributed by atoms with Crippen LogP contribution in [-0.2, 0) is 17.8 Å². The number of amides is 1. The fourth-order valence-electron chi connectivity index (χ4n) is 2.93. The van der Waals surface area contributed by atoms with Gasteiger partial charge >= 0.3 is 0 Å². The second-order valence-electron chi connectivity index (χ2n) is 6.00. The number of carbonyl (C=O) groups is 1. The first kappa shape index (κ1) is 16.2. The van der Waals surface area contributed by atoms with E-state index in [1.165, 1.54) is 23.4 Å². The summed E-state index contributed by atoms with van der Waals surface area (Å²) in [5, 5.41) is 6.65. The van der Waals surface area contributed by atoms with E-state index in [2.05, 4.69) is 20.4 Å². The van der Waals surface area contributed by atoms with E-state index in [-0.39, 0.29) is 24.3 Å². The van der Waals surface area contributed by atoms with E-state index in [4.69, 9.17) is 4.74 Å². The lowest BCUT2D eigenvalue weighted by atomic mass is 10.0. The predicted molar refractivity (Wildman–Crippen MR) is 90.8 cm³/mol. The van der Waals surface area contributed by atoms with Crippen molar-refractivity contribution in [1.82, 2.24) is 25.1 Å². The first-order chi connectivity index (χ1) is 12.7. The minimum atomic E-state index is -0.417. The minimum Gasteiger partial charge on any atom is -0.485 e. The quantitative estimate of drug-likeness (QED) is 0.753. The van der Waals surface area contributed by atoms with Crippen LogP contribution in [0.15, 0.2) is 49.2 Å². The van der Waals surface area contributed by atoms with Gasteiger partial charge in [0.15, 0.2) is 11.6 Å². The summed E-state index contributed by atoms with van der Waals surface area (Å²) >= 11 is 0. The van der Waals surface area contributed by atoms with Crippen molar-refractivity contribution in [2.45, 2.75) is 19.1 Å². The van der Waals surface area contributed by atoms with Crippen molar-refractivity contribution in [1.29, 1.82) is 0 Å². The summed E-state index contributed by atoms with van der Waals surface area (Å²) in [6, 6.07) is 8.81. The van der Waals surface area contributed by atoms with Gasteiger partial charge in [-0.2, -0.15) is 5.10 Å². The Bertz CT molecular complexity index is 915. The van der Waals surface area contributed by atoms with Crippen LogP contribution in [0.4, 0.5) is 4.39 Å². The molecule has 4 rings (SSSR count). The first-order valence-electron chi connectivity index (χ1n) is 8.18. The van der Waals surface area contributed by atoms with Gasteiger partial charge in [-0.3, -0.25) is 9.78 Å². The number of rotatable bonds is 5. The molecule has 8 heteroatoms. The molecule has 0 aliphatic carbocycles. The zero-order valence-corrected chi connectivity index (χ0v) is 13.8. The Morgan fingerprint density at radius 3 is 3.08 bits per heavy atom. The average Bonchev–Trinajstić information content (AvgIpc) is 3.30. The summed E-state index contributed by atoms with van der Waals surface area (Å²) in [7, 11) is 0. The summed E-state index contributed by atoms with van der Waals surface area (Å²) in [6.07, 6.45) is 4.72. The van der Waals surface area contributed by atoms with E-state index >= 15 is 0 Å². The number of nitrogens with one attached hydrogen (secondary N) is 1. The van der Waals surface area contributed by atoms with Gasteiger partial charge < -0.3 is 10.1 Å². The van der Waals surface area contributed by atoms with E-state index in [0.29, 0.717) is 24.2 Å². The van der Waals surface area contributed by atoms with Crippen LogP contribution < -0.4 is 10.1 Å². The van der Waals surface area contributed by atoms with Crippen LogP contribution in [0.2, 0.25) is 0 Å². The highest BCUT2D eigenvalue weighted by Crippen LogP contribution is 2.35. The summed E-state index contributed by atoms with van der Waals surface area (Å²) < 4.78 is 21.5. The lowest BCUT2D eigenvalue weighted by Gasteiger charge is -2.12. The Morgan fingerprint density at radius 1 is 1.38 bits per heavy atom. The molecule has 1 amide bonds. The lowest BCUT2D eigenvalue weighted by Crippen LogP contribution is -2.36. The van der Waals surface area contributed by atoms with Gasteiger partial charge in [-0.25, -0.2) is 14.1 Å². The third kappa shape index (κ3) is 3.39. The molecule has 3 heterocycles. The highest BCUT2D eigenvalue weighted by molar-refractivity contribution is 5.75. The molecule has 0 saturated carbocycles. The van der Waals surface area contributed by atoms with Gasteiger partial charge in [0.05, 0.1) is 12.2 Å². The molecule has 26 heavy (non-hydrogen) atoms. The third-order valence-electron chi connectivity index (χ3n) is 4.11. The molecular weight excluding hydrogens is 337 g/mol. The number of hydrogen-bond donors (Lipinski definition) is 1. The number of aromatic nitrogens is 4. The Kier molecular flexibility index (Phi) is 4.30. The van der Waals surface area contributed by atoms with E-state index in [1.54, 1.807) is 6.20 Å². The van der Waals surface area contributed by atoms with Crippen LogP contribution in [0, 0.1) is 5.82 Å². The van der Waals surface area contributed by atoms with Crippen molar-refractivity contribution >= 4 is 5.91 Å². The monoisotopic (exact) mass is 353 g/mol. The second kappa shape index (κ2) is 6.91. The Labute approximate surface area is 148 Å². The molecule has 0 radical (unpaired) electrons. The van der Waals surface area contributed by atoms with Crippen molar-refractivity contribution < 1.29 is 13.9 Å². The molecule has 1 atom stereocenters. The molecule has 1 N–H and O–H groups in total. The van der Waals surface area contributed by atoms with Crippen LogP contribution >= 0.6 is 0 Å². The van der Waals surface area contributed by atoms with Crippen molar-refractivity contribution in [3.8, 4) is 17.0 Å². The zero-order valence-electron chi connectivity index (χ0n) is 13.8. The summed E-state index contributed by atoms with van der Waals surface area (Å²) in [5.74, 6) is -0.371. The predicted octanol–water partition coefficient (Wildman–Crippen LogP) is 1.60. The van der Waals surface area contributed by atoms with Crippen molar-refractivity contribution in [3.05, 3.63) is 60.6 Å². The molecule has 3 aromatic rings. The number of ether oxygens (including phenoxy) is 1. The molecule has 0 saturated heterocycles. The molecule has 0 spiro atoms. The normalized spacial score (nSPS) is 15.3. The number of nitrogens with zero attached hydrogens (tertiary/aromatic N) is 4. The maximum atomic E-state index is 14.4. The summed E-state index contributed by atoms with van der Waals surface area (Å²) in [5.41, 5.74) is 2.20. The third-order valence-corrected chi connectivity index (χ3v) is 4.11. The Hall–Kier alpha value is -3.29. The second-order valence-corrected chi connectivity index (χ2v) is 6.00. The maximum Gasteiger partial charge on any atom is 0.241 e. The highest BCUT2D eigenvalue weighted by atomic mass is 19.1. The van der Waals surface area contributed by atoms with Gasteiger partial charge in [0.2, 0.25) is 5.91 Å². The lowest BCUT2D eigenvalue weighted by molar-refractivity contribution is -0.122. The highest BCUT2D eigenvalue weighted by Gasteiger charge is 2.27. The van der Waals surface area contributed by atoms with Gasteiger partial charge in [0.25, 0.3) is 0 Å². The number of hydrogen-bond acceptors (Lipinski definition) is 5. The van der Waals surface area contributed by atoms with Crippen molar-refractivity contribution in [3.63, 3.8) is 0 Å². The van der Waals surface area contributed by atoms with Gasteiger partial charge in [0, 0.05) is 23.7 Å². The Balaban J connectivity index is 1.41. The van der Waals surface area contributed by atoms with Crippen molar-refractivity contribution in [2.24, 2.45) is 0 Å². The average molecular weight is 353 g/mol. The molecular formula is C18H16FN5O2. The molecule has 1 aromatic carbocycles. The summed E-state index contributed by atoms with van der Waals surface area (Å²) in [4.78, 5) is 19.9. The van der Waals surface area contributed by atoms with E-state index < -0.39 is 5.82 Å². The van der Waals surface area contributed by atoms with Crippen LogP contribution in [0.3, 0.4) is 0 Å². The SMILES string of the molecule is O=C(Cn1cncn1)NCC1Cc2cc(-c3ccccn3)cc(F)c2O1. The maximum absolute atomic E-state index is 14.4. The number of pyridine rings is 1. The first-order valence-corrected chi connectivity index (χ1v) is 8.18. The fraction of sp³-hybridized carbons (Fsp3) is 0.222. The van der Waals surface area contributed by atoms with Gasteiger partial charge in [-0.05, 0) is 24.3 Å². The van der Waals surface area contributed by atoms with E-state index in [1.807, 2.05) is 24.3 Å². The van der Waals surface area contributed by atoms with Gasteiger partial charge in [0.1, 0.15) is 25.3 Å². The van der Waals surface area contributed by atoms with Gasteiger partial charge in [-0.15, -0.1) is 0 Å². The fourth-order valence-corrected chi connectivity index (χ4v) is 2.93. The van der Waals surface area contributed by atoms with Crippen molar-refractivity contribution in [2.75, 3.05) is 6.54 Å². The van der Waals surface area contributed by atoms with Gasteiger partial charge in [-0.1, -0.05) is 6.07 Å². The Morgan fingerprint density at radius 2 is 2.31 bits per heavy atom. The number of carbonyl (C=O) groups excluding carboxylic acids is 1. The molecule has 2 aromatic heterocycles. The van der Waals surface area contributed by atoms with Crippen LogP contribution in [0.5, 0.6) is 5.75 Å². The molecule has 1 aliphatic heterocycles. The molecule has 1 aliphatic rings.